The monoisotopic (exact) mass is 262 g/mol. The second-order valence-corrected chi connectivity index (χ2v) is 4.40. The average Bonchev–Trinajstić information content (AvgIpc) is 2.27. The summed E-state index contributed by atoms with van der Waals surface area (Å²) in [5, 5.41) is 19.2. The van der Waals surface area contributed by atoms with Gasteiger partial charge in [-0.3, -0.25) is 0 Å². The van der Waals surface area contributed by atoms with Crippen molar-refractivity contribution in [1.82, 2.24) is 0 Å². The molecule has 5 heteroatoms. The molecule has 0 aromatic heterocycles. The molecule has 0 aliphatic rings. The lowest BCUT2D eigenvalue weighted by Gasteiger charge is -2.10. The number of carbonyl (C=O) groups is 2. The van der Waals surface area contributed by atoms with Gasteiger partial charge in [0, 0.05) is 10.3 Å². The van der Waals surface area contributed by atoms with Gasteiger partial charge in [-0.25, -0.2) is 9.59 Å². The summed E-state index contributed by atoms with van der Waals surface area (Å²) in [6, 6.07) is 6.33. The Morgan fingerprint density at radius 2 is 1.72 bits per heavy atom. The first-order chi connectivity index (χ1) is 8.43. The van der Waals surface area contributed by atoms with E-state index in [1.165, 1.54) is 6.07 Å². The minimum absolute atomic E-state index is 0.0242. The van der Waals surface area contributed by atoms with E-state index < -0.39 is 11.9 Å². The molecular weight excluding hydrogens is 252 g/mol. The SMILES string of the molecule is Cc1ccc(C(=O)O)c2c(C(=O)O)c(S)ccc12. The van der Waals surface area contributed by atoms with Crippen LogP contribution in [0.25, 0.3) is 10.8 Å². The van der Waals surface area contributed by atoms with Crippen LogP contribution in [0.3, 0.4) is 0 Å². The van der Waals surface area contributed by atoms with Gasteiger partial charge >= 0.3 is 11.9 Å². The molecule has 2 aromatic rings. The van der Waals surface area contributed by atoms with Crippen molar-refractivity contribution in [2.45, 2.75) is 11.8 Å². The van der Waals surface area contributed by atoms with E-state index >= 15 is 0 Å². The quantitative estimate of drug-likeness (QED) is 0.727. The summed E-state index contributed by atoms with van der Waals surface area (Å²) in [5.41, 5.74) is 0.728. The highest BCUT2D eigenvalue weighted by Gasteiger charge is 2.19. The second-order valence-electron chi connectivity index (χ2n) is 3.92. The van der Waals surface area contributed by atoms with E-state index in [1.807, 2.05) is 0 Å². The number of rotatable bonds is 2. The fourth-order valence-electron chi connectivity index (χ4n) is 1.98. The molecular formula is C13H10O4S. The molecule has 92 valence electrons. The molecule has 0 amide bonds. The Hall–Kier alpha value is -2.01. The summed E-state index contributed by atoms with van der Waals surface area (Å²) < 4.78 is 0. The topological polar surface area (TPSA) is 74.6 Å². The Balaban J connectivity index is 3.06. The molecule has 18 heavy (non-hydrogen) atoms. The van der Waals surface area contributed by atoms with Crippen LogP contribution in [0, 0.1) is 6.92 Å². The van der Waals surface area contributed by atoms with Crippen LogP contribution in [-0.2, 0) is 0 Å². The average molecular weight is 262 g/mol. The van der Waals surface area contributed by atoms with Crippen molar-refractivity contribution in [1.29, 1.82) is 0 Å². The smallest absolute Gasteiger partial charge is 0.337 e. The molecule has 2 aromatic carbocycles. The van der Waals surface area contributed by atoms with E-state index in [4.69, 9.17) is 5.11 Å². The minimum Gasteiger partial charge on any atom is -0.478 e. The lowest BCUT2D eigenvalue weighted by atomic mass is 9.96. The van der Waals surface area contributed by atoms with Gasteiger partial charge in [0.15, 0.2) is 0 Å². The molecule has 2 N–H and O–H groups in total. The Kier molecular flexibility index (Phi) is 3.00. The third-order valence-electron chi connectivity index (χ3n) is 2.82. The van der Waals surface area contributed by atoms with Gasteiger partial charge in [-0.1, -0.05) is 12.1 Å². The predicted molar refractivity (Wildman–Crippen MR) is 69.9 cm³/mol. The number of hydrogen-bond acceptors (Lipinski definition) is 3. The molecule has 0 atom stereocenters. The number of carboxylic acid groups (broad SMARTS) is 2. The molecule has 0 radical (unpaired) electrons. The van der Waals surface area contributed by atoms with Crippen LogP contribution < -0.4 is 0 Å². The third kappa shape index (κ3) is 1.82. The zero-order chi connectivity index (χ0) is 13.4. The Morgan fingerprint density at radius 3 is 2.28 bits per heavy atom. The maximum absolute atomic E-state index is 11.3. The van der Waals surface area contributed by atoms with Crippen molar-refractivity contribution in [3.05, 3.63) is 41.0 Å². The van der Waals surface area contributed by atoms with Crippen LogP contribution in [-0.4, -0.2) is 22.2 Å². The summed E-state index contributed by atoms with van der Waals surface area (Å²) in [7, 11) is 0. The van der Waals surface area contributed by atoms with Gasteiger partial charge in [-0.05, 0) is 30.0 Å². The number of thiol groups is 1. The van der Waals surface area contributed by atoms with E-state index in [0.29, 0.717) is 5.39 Å². The van der Waals surface area contributed by atoms with Gasteiger partial charge in [0.2, 0.25) is 0 Å². The maximum atomic E-state index is 11.3. The number of carboxylic acids is 2. The number of aromatic carboxylic acids is 2. The Bertz CT molecular complexity index is 676. The number of aryl methyl sites for hydroxylation is 1. The van der Waals surface area contributed by atoms with Crippen molar-refractivity contribution in [2.75, 3.05) is 0 Å². The van der Waals surface area contributed by atoms with Gasteiger partial charge in [-0.2, -0.15) is 0 Å². The third-order valence-corrected chi connectivity index (χ3v) is 3.19. The number of hydrogen-bond donors (Lipinski definition) is 3. The molecule has 0 fully saturated rings. The standard InChI is InChI=1S/C13H10O4S/c1-6-2-3-8(12(14)15)10-7(6)4-5-9(18)11(10)13(16)17/h2-5,18H,1H3,(H,14,15)(H,16,17). The zero-order valence-electron chi connectivity index (χ0n) is 9.47. The molecule has 0 aliphatic carbocycles. The Labute approximate surface area is 108 Å². The van der Waals surface area contributed by atoms with Gasteiger partial charge < -0.3 is 10.2 Å². The summed E-state index contributed by atoms with van der Waals surface area (Å²) in [4.78, 5) is 22.7. The van der Waals surface area contributed by atoms with Gasteiger partial charge in [0.25, 0.3) is 0 Å². The van der Waals surface area contributed by atoms with Crippen molar-refractivity contribution >= 4 is 35.3 Å². The van der Waals surface area contributed by atoms with E-state index in [1.54, 1.807) is 25.1 Å². The van der Waals surface area contributed by atoms with Gasteiger partial charge in [-0.15, -0.1) is 12.6 Å². The summed E-state index contributed by atoms with van der Waals surface area (Å²) in [6.45, 7) is 1.80. The van der Waals surface area contributed by atoms with Gasteiger partial charge in [0.1, 0.15) is 0 Å². The molecule has 0 spiro atoms. The molecule has 2 rings (SSSR count). The Morgan fingerprint density at radius 1 is 1.06 bits per heavy atom. The van der Waals surface area contributed by atoms with Crippen molar-refractivity contribution < 1.29 is 19.8 Å². The van der Waals surface area contributed by atoms with E-state index in [9.17, 15) is 14.7 Å². The second kappa shape index (κ2) is 4.34. The van der Waals surface area contributed by atoms with Crippen LogP contribution in [0.4, 0.5) is 0 Å². The number of benzene rings is 2. The normalized spacial score (nSPS) is 10.6. The first kappa shape index (κ1) is 12.4. The predicted octanol–water partition coefficient (Wildman–Crippen LogP) is 2.83. The summed E-state index contributed by atoms with van der Waals surface area (Å²) in [5.74, 6) is -2.33. The summed E-state index contributed by atoms with van der Waals surface area (Å²) >= 11 is 4.09. The van der Waals surface area contributed by atoms with Gasteiger partial charge in [0.05, 0.1) is 11.1 Å². The van der Waals surface area contributed by atoms with E-state index in [2.05, 4.69) is 12.6 Å². The molecule has 0 aliphatic heterocycles. The van der Waals surface area contributed by atoms with Crippen molar-refractivity contribution in [2.24, 2.45) is 0 Å². The molecule has 0 saturated carbocycles. The molecule has 0 unspecified atom stereocenters. The highest BCUT2D eigenvalue weighted by atomic mass is 32.1. The first-order valence-electron chi connectivity index (χ1n) is 5.15. The highest BCUT2D eigenvalue weighted by Crippen LogP contribution is 2.30. The summed E-state index contributed by atoms with van der Waals surface area (Å²) in [6.07, 6.45) is 0. The maximum Gasteiger partial charge on any atom is 0.337 e. The van der Waals surface area contributed by atoms with E-state index in [-0.39, 0.29) is 21.4 Å². The highest BCUT2D eigenvalue weighted by molar-refractivity contribution is 7.80. The molecule has 0 saturated heterocycles. The largest absolute Gasteiger partial charge is 0.478 e. The lowest BCUT2D eigenvalue weighted by Crippen LogP contribution is -2.05. The van der Waals surface area contributed by atoms with Crippen molar-refractivity contribution in [3.8, 4) is 0 Å². The minimum atomic E-state index is -1.18. The lowest BCUT2D eigenvalue weighted by molar-refractivity contribution is 0.0693. The van der Waals surface area contributed by atoms with Crippen LogP contribution >= 0.6 is 12.6 Å². The molecule has 0 heterocycles. The first-order valence-corrected chi connectivity index (χ1v) is 5.60. The fourth-order valence-corrected chi connectivity index (χ4v) is 2.26. The zero-order valence-corrected chi connectivity index (χ0v) is 10.4. The molecule has 0 bridgehead atoms. The molecule has 4 nitrogen and oxygen atoms in total. The van der Waals surface area contributed by atoms with E-state index in [0.717, 1.165) is 5.56 Å². The van der Waals surface area contributed by atoms with Crippen LogP contribution in [0.5, 0.6) is 0 Å². The number of fused-ring (bicyclic) bond motifs is 1. The van der Waals surface area contributed by atoms with Crippen LogP contribution in [0.15, 0.2) is 29.2 Å². The van der Waals surface area contributed by atoms with Crippen LogP contribution in [0.2, 0.25) is 0 Å². The van der Waals surface area contributed by atoms with Crippen LogP contribution in [0.1, 0.15) is 26.3 Å². The van der Waals surface area contributed by atoms with Crippen molar-refractivity contribution in [3.63, 3.8) is 0 Å². The fraction of sp³-hybridized carbons (Fsp3) is 0.0769.